The van der Waals surface area contributed by atoms with Gasteiger partial charge in [0, 0.05) is 5.39 Å². The Balaban J connectivity index is 1.50. The highest BCUT2D eigenvalue weighted by molar-refractivity contribution is 7.99. The number of halogens is 1. The third kappa shape index (κ3) is 5.24. The minimum absolute atomic E-state index is 0.0728. The van der Waals surface area contributed by atoms with Crippen molar-refractivity contribution in [2.45, 2.75) is 18.9 Å². The van der Waals surface area contributed by atoms with Crippen LogP contribution in [0.2, 0.25) is 5.02 Å². The zero-order valence-electron chi connectivity index (χ0n) is 15.5. The molecule has 7 heteroatoms. The third-order valence-corrected chi connectivity index (χ3v) is 5.20. The number of amides is 1. The van der Waals surface area contributed by atoms with Gasteiger partial charge in [0.15, 0.2) is 6.61 Å². The molecule has 0 aliphatic heterocycles. The Hall–Kier alpha value is -2.57. The van der Waals surface area contributed by atoms with Crippen molar-refractivity contribution in [3.63, 3.8) is 0 Å². The van der Waals surface area contributed by atoms with Gasteiger partial charge in [0.05, 0.1) is 27.0 Å². The quantitative estimate of drug-likeness (QED) is 0.464. The first-order valence-electron chi connectivity index (χ1n) is 8.63. The highest BCUT2D eigenvalue weighted by Gasteiger charge is 2.11. The summed E-state index contributed by atoms with van der Waals surface area (Å²) in [6.45, 7) is 3.55. The molecule has 0 aliphatic carbocycles. The normalized spacial score (nSPS) is 10.7. The van der Waals surface area contributed by atoms with Crippen LogP contribution in [-0.2, 0) is 14.3 Å². The summed E-state index contributed by atoms with van der Waals surface area (Å²) in [7, 11) is 0. The lowest BCUT2D eigenvalue weighted by Gasteiger charge is -2.09. The van der Waals surface area contributed by atoms with Crippen molar-refractivity contribution < 1.29 is 14.3 Å². The van der Waals surface area contributed by atoms with Crippen LogP contribution in [-0.4, -0.2) is 29.2 Å². The van der Waals surface area contributed by atoms with E-state index in [1.54, 1.807) is 12.1 Å². The number of nitrogens with zero attached hydrogens (tertiary/aromatic N) is 1. The monoisotopic (exact) mass is 414 g/mol. The van der Waals surface area contributed by atoms with Crippen molar-refractivity contribution in [2.24, 2.45) is 0 Å². The Labute approximate surface area is 172 Å². The van der Waals surface area contributed by atoms with Gasteiger partial charge in [0.1, 0.15) is 0 Å². The third-order valence-electron chi connectivity index (χ3n) is 4.00. The molecule has 144 valence electrons. The van der Waals surface area contributed by atoms with Crippen molar-refractivity contribution in [3.8, 4) is 0 Å². The zero-order chi connectivity index (χ0) is 20.1. The molecule has 1 heterocycles. The first-order valence-corrected chi connectivity index (χ1v) is 9.99. The number of fused-ring (bicyclic) bond motifs is 1. The second-order valence-corrected chi connectivity index (χ2v) is 7.68. The maximum atomic E-state index is 12.0. The van der Waals surface area contributed by atoms with E-state index in [4.69, 9.17) is 16.3 Å². The molecule has 2 aromatic carbocycles. The Morgan fingerprint density at radius 3 is 2.71 bits per heavy atom. The lowest BCUT2D eigenvalue weighted by Crippen LogP contribution is -2.21. The smallest absolute Gasteiger partial charge is 0.316 e. The molecule has 28 heavy (non-hydrogen) atoms. The number of carbonyl (C=O) groups excluding carboxylic acids is 2. The first-order chi connectivity index (χ1) is 13.4. The van der Waals surface area contributed by atoms with Crippen LogP contribution in [0.25, 0.3) is 10.9 Å². The fraction of sp³-hybridized carbons (Fsp3) is 0.190. The summed E-state index contributed by atoms with van der Waals surface area (Å²) in [6, 6.07) is 15.1. The minimum Gasteiger partial charge on any atom is -0.455 e. The van der Waals surface area contributed by atoms with Crippen molar-refractivity contribution in [1.29, 1.82) is 0 Å². The Bertz CT molecular complexity index is 1040. The van der Waals surface area contributed by atoms with Gasteiger partial charge in [-0.05, 0) is 49.2 Å². The number of hydrogen-bond donors (Lipinski definition) is 1. The Kier molecular flexibility index (Phi) is 6.54. The van der Waals surface area contributed by atoms with Crippen molar-refractivity contribution in [3.05, 3.63) is 64.7 Å². The van der Waals surface area contributed by atoms with Crippen LogP contribution in [0.4, 0.5) is 5.69 Å². The van der Waals surface area contributed by atoms with E-state index in [0.29, 0.717) is 10.7 Å². The van der Waals surface area contributed by atoms with Crippen molar-refractivity contribution in [1.82, 2.24) is 4.98 Å². The van der Waals surface area contributed by atoms with Gasteiger partial charge in [-0.1, -0.05) is 47.6 Å². The highest BCUT2D eigenvalue weighted by Crippen LogP contribution is 2.24. The van der Waals surface area contributed by atoms with E-state index in [1.165, 1.54) is 11.8 Å². The molecule has 0 radical (unpaired) electrons. The van der Waals surface area contributed by atoms with Crippen LogP contribution in [0.3, 0.4) is 0 Å². The summed E-state index contributed by atoms with van der Waals surface area (Å²) in [5.74, 6) is -0.852. The van der Waals surface area contributed by atoms with Gasteiger partial charge in [-0.15, -0.1) is 0 Å². The fourth-order valence-corrected chi connectivity index (χ4v) is 3.68. The number of aromatic nitrogens is 1. The van der Waals surface area contributed by atoms with Gasteiger partial charge in [0.2, 0.25) is 0 Å². The molecule has 0 spiro atoms. The van der Waals surface area contributed by atoms with Crippen LogP contribution in [0, 0.1) is 13.8 Å². The van der Waals surface area contributed by atoms with Gasteiger partial charge in [0.25, 0.3) is 5.91 Å². The second-order valence-electron chi connectivity index (χ2n) is 6.28. The number of anilines is 1. The number of aryl methyl sites for hydroxylation is 2. The number of ether oxygens (including phenoxy) is 1. The molecule has 0 unspecified atom stereocenters. The number of esters is 1. The molecule has 0 saturated heterocycles. The summed E-state index contributed by atoms with van der Waals surface area (Å²) in [4.78, 5) is 28.4. The fourth-order valence-electron chi connectivity index (χ4n) is 2.62. The largest absolute Gasteiger partial charge is 0.455 e. The van der Waals surface area contributed by atoms with Crippen molar-refractivity contribution in [2.75, 3.05) is 17.7 Å². The Morgan fingerprint density at radius 1 is 1.14 bits per heavy atom. The number of hydrogen-bond acceptors (Lipinski definition) is 5. The molecule has 1 amide bonds. The number of rotatable bonds is 6. The topological polar surface area (TPSA) is 68.3 Å². The second kappa shape index (κ2) is 9.08. The van der Waals surface area contributed by atoms with E-state index < -0.39 is 11.9 Å². The molecule has 0 atom stereocenters. The SMILES string of the molecule is Cc1ccc(NC(=O)COC(=O)CSc2cc(C)c3ccccc3n2)c(Cl)c1. The predicted molar refractivity (Wildman–Crippen MR) is 113 cm³/mol. The molecule has 1 N–H and O–H groups in total. The van der Waals surface area contributed by atoms with Gasteiger partial charge >= 0.3 is 5.97 Å². The van der Waals surface area contributed by atoms with E-state index in [2.05, 4.69) is 10.3 Å². The molecular weight excluding hydrogens is 396 g/mol. The maximum Gasteiger partial charge on any atom is 0.316 e. The van der Waals surface area contributed by atoms with Gasteiger partial charge in [-0.3, -0.25) is 9.59 Å². The molecule has 0 aliphatic rings. The van der Waals surface area contributed by atoms with E-state index in [0.717, 1.165) is 27.1 Å². The number of benzene rings is 2. The zero-order valence-corrected chi connectivity index (χ0v) is 17.1. The van der Waals surface area contributed by atoms with Crippen molar-refractivity contribution >= 4 is 51.8 Å². The average molecular weight is 415 g/mol. The van der Waals surface area contributed by atoms with Crippen LogP contribution in [0.5, 0.6) is 0 Å². The van der Waals surface area contributed by atoms with Crippen LogP contribution in [0.1, 0.15) is 11.1 Å². The molecule has 0 bridgehead atoms. The van der Waals surface area contributed by atoms with Crippen LogP contribution >= 0.6 is 23.4 Å². The summed E-state index contributed by atoms with van der Waals surface area (Å²) < 4.78 is 5.04. The molecular formula is C21H19ClN2O3S. The summed E-state index contributed by atoms with van der Waals surface area (Å²) in [6.07, 6.45) is 0. The molecule has 3 aromatic rings. The number of thioether (sulfide) groups is 1. The first kappa shape index (κ1) is 20.2. The van der Waals surface area contributed by atoms with Crippen LogP contribution < -0.4 is 5.32 Å². The number of pyridine rings is 1. The molecule has 1 aromatic heterocycles. The maximum absolute atomic E-state index is 12.0. The van der Waals surface area contributed by atoms with E-state index in [9.17, 15) is 9.59 Å². The minimum atomic E-state index is -0.484. The molecule has 3 rings (SSSR count). The van der Waals surface area contributed by atoms with Gasteiger partial charge in [-0.2, -0.15) is 0 Å². The number of para-hydroxylation sites is 1. The lowest BCUT2D eigenvalue weighted by atomic mass is 10.1. The molecule has 0 saturated carbocycles. The lowest BCUT2D eigenvalue weighted by molar-refractivity contribution is -0.144. The van der Waals surface area contributed by atoms with Gasteiger partial charge in [-0.25, -0.2) is 4.98 Å². The number of nitrogens with one attached hydrogen (secondary N) is 1. The van der Waals surface area contributed by atoms with Gasteiger partial charge < -0.3 is 10.1 Å². The Morgan fingerprint density at radius 2 is 1.93 bits per heavy atom. The van der Waals surface area contributed by atoms with Crippen LogP contribution in [0.15, 0.2) is 53.6 Å². The van der Waals surface area contributed by atoms with E-state index in [-0.39, 0.29) is 12.4 Å². The predicted octanol–water partition coefficient (Wildman–Crippen LogP) is 4.78. The highest BCUT2D eigenvalue weighted by atomic mass is 35.5. The average Bonchev–Trinajstić information content (AvgIpc) is 2.67. The summed E-state index contributed by atoms with van der Waals surface area (Å²) in [5.41, 5.74) is 3.45. The summed E-state index contributed by atoms with van der Waals surface area (Å²) in [5, 5.41) is 4.89. The van der Waals surface area contributed by atoms with E-state index >= 15 is 0 Å². The molecule has 5 nitrogen and oxygen atoms in total. The standard InChI is InChI=1S/C21H19ClN2O3S/c1-13-7-8-18(16(22)9-13)23-19(25)11-27-21(26)12-28-20-10-14(2)15-5-3-4-6-17(15)24-20/h3-10H,11-12H2,1-2H3,(H,23,25). The molecule has 0 fully saturated rings. The summed E-state index contributed by atoms with van der Waals surface area (Å²) >= 11 is 7.35. The van der Waals surface area contributed by atoms with E-state index in [1.807, 2.05) is 50.2 Å². The number of carbonyl (C=O) groups is 2.